The molecule has 0 amide bonds. The first kappa shape index (κ1) is 13.2. The molecule has 1 aromatic rings. The predicted molar refractivity (Wildman–Crippen MR) is 60.2 cm³/mol. The third kappa shape index (κ3) is 3.30. The molecule has 0 atom stereocenters. The molecule has 94 valence electrons. The second kappa shape index (κ2) is 4.99. The Morgan fingerprint density at radius 3 is 2.35 bits per heavy atom. The van der Waals surface area contributed by atoms with Crippen molar-refractivity contribution >= 4 is 5.97 Å². The Morgan fingerprint density at radius 1 is 1.24 bits per heavy atom. The monoisotopic (exact) mass is 240 g/mol. The number of carbonyl (C=O) groups excluding carboxylic acids is 1. The van der Waals surface area contributed by atoms with E-state index in [4.69, 9.17) is 14.2 Å². The molecule has 0 aliphatic heterocycles. The molecule has 0 spiro atoms. The van der Waals surface area contributed by atoms with Gasteiger partial charge in [-0.25, -0.2) is 0 Å². The number of carbonyl (C=O) groups is 1. The van der Waals surface area contributed by atoms with Crippen LogP contribution < -0.4 is 14.2 Å². The van der Waals surface area contributed by atoms with E-state index >= 15 is 0 Å². The number of ether oxygens (including phenoxy) is 3. The Balaban J connectivity index is 2.95. The minimum Gasteiger partial charge on any atom is -0.478 e. The van der Waals surface area contributed by atoms with Crippen LogP contribution in [-0.4, -0.2) is 30.2 Å². The summed E-state index contributed by atoms with van der Waals surface area (Å²) in [5, 5.41) is 0. The minimum atomic E-state index is -0.606. The lowest BCUT2D eigenvalue weighted by Crippen LogP contribution is -2.25. The molecule has 0 fully saturated rings. The van der Waals surface area contributed by atoms with Gasteiger partial charge in [0.2, 0.25) is 5.75 Å². The number of rotatable bonds is 3. The average molecular weight is 240 g/mol. The molecular weight excluding hydrogens is 224 g/mol. The van der Waals surface area contributed by atoms with Gasteiger partial charge in [0.25, 0.3) is 5.88 Å². The van der Waals surface area contributed by atoms with Gasteiger partial charge >= 0.3 is 12.0 Å². The van der Waals surface area contributed by atoms with Crippen molar-refractivity contribution in [1.82, 2.24) is 9.97 Å². The normalized spacial score (nSPS) is 10.9. The smallest absolute Gasteiger partial charge is 0.319 e. The topological polar surface area (TPSA) is 70.5 Å². The molecule has 17 heavy (non-hydrogen) atoms. The third-order valence-corrected chi connectivity index (χ3v) is 1.89. The Kier molecular flexibility index (Phi) is 3.88. The second-order valence-corrected chi connectivity index (χ2v) is 4.37. The Hall–Kier alpha value is -1.85. The van der Waals surface area contributed by atoms with E-state index < -0.39 is 5.41 Å². The summed E-state index contributed by atoms with van der Waals surface area (Å²) < 4.78 is 15.0. The van der Waals surface area contributed by atoms with Crippen LogP contribution in [0.15, 0.2) is 6.20 Å². The molecule has 0 aliphatic rings. The molecule has 1 aromatic heterocycles. The lowest BCUT2D eigenvalue weighted by Gasteiger charge is -2.16. The van der Waals surface area contributed by atoms with Gasteiger partial charge in [0.05, 0.1) is 25.8 Å². The maximum atomic E-state index is 11.7. The molecule has 0 unspecified atom stereocenters. The highest BCUT2D eigenvalue weighted by Gasteiger charge is 2.25. The molecule has 0 saturated heterocycles. The van der Waals surface area contributed by atoms with E-state index in [1.807, 2.05) is 0 Å². The molecule has 0 saturated carbocycles. The lowest BCUT2D eigenvalue weighted by molar-refractivity contribution is -0.143. The largest absolute Gasteiger partial charge is 0.478 e. The van der Waals surface area contributed by atoms with Crippen LogP contribution in [-0.2, 0) is 4.79 Å². The standard InChI is InChI=1S/C11H16N2O4/c1-11(2,3)9(14)17-7-6-12-10(16-5)13-8(7)15-4/h6H,1-5H3. The van der Waals surface area contributed by atoms with E-state index in [-0.39, 0.29) is 23.6 Å². The zero-order valence-corrected chi connectivity index (χ0v) is 10.6. The van der Waals surface area contributed by atoms with Crippen molar-refractivity contribution in [3.8, 4) is 17.6 Å². The van der Waals surface area contributed by atoms with Gasteiger partial charge in [0.15, 0.2) is 0 Å². The maximum Gasteiger partial charge on any atom is 0.319 e. The quantitative estimate of drug-likeness (QED) is 0.744. The summed E-state index contributed by atoms with van der Waals surface area (Å²) in [6, 6.07) is 0.150. The zero-order chi connectivity index (χ0) is 13.1. The molecule has 1 rings (SSSR count). The number of hydrogen-bond donors (Lipinski definition) is 0. The molecule has 0 radical (unpaired) electrons. The van der Waals surface area contributed by atoms with E-state index in [0.717, 1.165) is 0 Å². The summed E-state index contributed by atoms with van der Waals surface area (Å²) in [6.07, 6.45) is 1.34. The van der Waals surface area contributed by atoms with E-state index in [1.54, 1.807) is 20.8 Å². The average Bonchev–Trinajstić information content (AvgIpc) is 2.28. The highest BCUT2D eigenvalue weighted by atomic mass is 16.6. The molecule has 1 heterocycles. The van der Waals surface area contributed by atoms with Gasteiger partial charge in [-0.1, -0.05) is 0 Å². The van der Waals surface area contributed by atoms with Gasteiger partial charge in [0, 0.05) is 0 Å². The first-order valence-corrected chi connectivity index (χ1v) is 5.05. The summed E-state index contributed by atoms with van der Waals surface area (Å²) in [5.74, 6) is -0.0489. The molecule has 0 bridgehead atoms. The van der Waals surface area contributed by atoms with Crippen molar-refractivity contribution in [3.63, 3.8) is 0 Å². The van der Waals surface area contributed by atoms with Crippen LogP contribution in [0.2, 0.25) is 0 Å². The van der Waals surface area contributed by atoms with E-state index in [9.17, 15) is 4.79 Å². The number of hydrogen-bond acceptors (Lipinski definition) is 6. The SMILES string of the molecule is COc1ncc(OC(=O)C(C)(C)C)c(OC)n1. The highest BCUT2D eigenvalue weighted by Crippen LogP contribution is 2.27. The fraction of sp³-hybridized carbons (Fsp3) is 0.545. The molecular formula is C11H16N2O4. The number of methoxy groups -OCH3 is 2. The Bertz CT molecular complexity index is 412. The maximum absolute atomic E-state index is 11.7. The number of esters is 1. The van der Waals surface area contributed by atoms with E-state index in [2.05, 4.69) is 9.97 Å². The Labute approximate surface area is 99.9 Å². The van der Waals surface area contributed by atoms with Crippen LogP contribution in [0.5, 0.6) is 17.6 Å². The second-order valence-electron chi connectivity index (χ2n) is 4.37. The van der Waals surface area contributed by atoms with E-state index in [0.29, 0.717) is 0 Å². The first-order valence-electron chi connectivity index (χ1n) is 5.05. The summed E-state index contributed by atoms with van der Waals surface area (Å²) in [7, 11) is 2.87. The summed E-state index contributed by atoms with van der Waals surface area (Å²) >= 11 is 0. The van der Waals surface area contributed by atoms with Crippen molar-refractivity contribution < 1.29 is 19.0 Å². The molecule has 0 N–H and O–H groups in total. The van der Waals surface area contributed by atoms with Crippen LogP contribution in [0, 0.1) is 5.41 Å². The van der Waals surface area contributed by atoms with Crippen molar-refractivity contribution in [2.75, 3.05) is 14.2 Å². The Morgan fingerprint density at radius 2 is 1.88 bits per heavy atom. The summed E-state index contributed by atoms with van der Waals surface area (Å²) in [4.78, 5) is 19.5. The van der Waals surface area contributed by atoms with Gasteiger partial charge < -0.3 is 14.2 Å². The lowest BCUT2D eigenvalue weighted by atomic mass is 9.97. The summed E-state index contributed by atoms with van der Waals surface area (Å²) in [6.45, 7) is 5.27. The number of nitrogens with zero attached hydrogens (tertiary/aromatic N) is 2. The molecule has 0 aliphatic carbocycles. The van der Waals surface area contributed by atoms with Crippen LogP contribution in [0.4, 0.5) is 0 Å². The molecule has 6 heteroatoms. The van der Waals surface area contributed by atoms with Crippen LogP contribution >= 0.6 is 0 Å². The van der Waals surface area contributed by atoms with Crippen LogP contribution in [0.1, 0.15) is 20.8 Å². The first-order chi connectivity index (χ1) is 7.88. The van der Waals surface area contributed by atoms with Crippen molar-refractivity contribution in [2.45, 2.75) is 20.8 Å². The van der Waals surface area contributed by atoms with Crippen LogP contribution in [0.3, 0.4) is 0 Å². The molecule has 6 nitrogen and oxygen atoms in total. The van der Waals surface area contributed by atoms with Crippen molar-refractivity contribution in [1.29, 1.82) is 0 Å². The summed E-state index contributed by atoms with van der Waals surface area (Å²) in [5.41, 5.74) is -0.606. The van der Waals surface area contributed by atoms with Crippen LogP contribution in [0.25, 0.3) is 0 Å². The zero-order valence-electron chi connectivity index (χ0n) is 10.6. The van der Waals surface area contributed by atoms with Gasteiger partial charge in [-0.15, -0.1) is 0 Å². The minimum absolute atomic E-state index is 0.150. The predicted octanol–water partition coefficient (Wildman–Crippen LogP) is 1.45. The van der Waals surface area contributed by atoms with Gasteiger partial charge in [-0.05, 0) is 20.8 Å². The van der Waals surface area contributed by atoms with Gasteiger partial charge in [0.1, 0.15) is 0 Å². The van der Waals surface area contributed by atoms with Crippen molar-refractivity contribution in [3.05, 3.63) is 6.20 Å². The number of aromatic nitrogens is 2. The fourth-order valence-electron chi connectivity index (χ4n) is 0.907. The fourth-order valence-corrected chi connectivity index (χ4v) is 0.907. The highest BCUT2D eigenvalue weighted by molar-refractivity contribution is 5.78. The molecule has 0 aromatic carbocycles. The van der Waals surface area contributed by atoms with E-state index in [1.165, 1.54) is 20.4 Å². The van der Waals surface area contributed by atoms with Gasteiger partial charge in [-0.2, -0.15) is 9.97 Å². The third-order valence-electron chi connectivity index (χ3n) is 1.89. The van der Waals surface area contributed by atoms with Gasteiger partial charge in [-0.3, -0.25) is 4.79 Å². The van der Waals surface area contributed by atoms with Crippen molar-refractivity contribution in [2.24, 2.45) is 5.41 Å².